The Morgan fingerprint density at radius 3 is 1.85 bits per heavy atom. The van der Waals surface area contributed by atoms with Gasteiger partial charge in [0.2, 0.25) is 0 Å². The molecule has 7 nitrogen and oxygen atoms in total. The van der Waals surface area contributed by atoms with Crippen molar-refractivity contribution in [3.05, 3.63) is 166 Å². The van der Waals surface area contributed by atoms with Gasteiger partial charge in [0.25, 0.3) is 0 Å². The molecule has 5 aromatic rings. The number of hydrogen-bond donors (Lipinski definition) is 0. The van der Waals surface area contributed by atoms with Gasteiger partial charge in [-0.3, -0.25) is 14.8 Å². The molecule has 0 bridgehead atoms. The van der Waals surface area contributed by atoms with Crippen molar-refractivity contribution in [2.24, 2.45) is 5.92 Å². The van der Waals surface area contributed by atoms with Crippen LogP contribution in [0.5, 0.6) is 11.5 Å². The summed E-state index contributed by atoms with van der Waals surface area (Å²) in [6.45, 7) is 19.5. The van der Waals surface area contributed by atoms with Gasteiger partial charge in [-0.1, -0.05) is 113 Å². The highest BCUT2D eigenvalue weighted by molar-refractivity contribution is 5.60. The van der Waals surface area contributed by atoms with Crippen molar-refractivity contribution in [1.82, 2.24) is 14.8 Å². The molecule has 0 saturated carbocycles. The SMILES string of the molecule is CC(C)[C](c1cc(Cc2ccccc2)c(OCCN2CCOCC2)c(C(C)C)c1Cc1ccc(OCCN2CCOCC2)cc1)C(Cc1ccccn1)c1ccccc1. The molecule has 0 N–H and O–H groups in total. The molecule has 1 unspecified atom stereocenters. The van der Waals surface area contributed by atoms with E-state index in [9.17, 15) is 0 Å². The van der Waals surface area contributed by atoms with Crippen LogP contribution in [-0.4, -0.2) is 93.7 Å². The third kappa shape index (κ3) is 11.8. The summed E-state index contributed by atoms with van der Waals surface area (Å²) in [6, 6.07) is 39.5. The van der Waals surface area contributed by atoms with Gasteiger partial charge in [-0.15, -0.1) is 0 Å². The van der Waals surface area contributed by atoms with E-state index in [2.05, 4.69) is 141 Å². The Bertz CT molecular complexity index is 1980. The summed E-state index contributed by atoms with van der Waals surface area (Å²) in [5.41, 5.74) is 10.2. The van der Waals surface area contributed by atoms with Gasteiger partial charge >= 0.3 is 0 Å². The highest BCUT2D eigenvalue weighted by Crippen LogP contribution is 2.47. The smallest absolute Gasteiger partial charge is 0.126 e. The first-order chi connectivity index (χ1) is 28.9. The summed E-state index contributed by atoms with van der Waals surface area (Å²) in [5, 5.41) is 0. The molecule has 1 aromatic heterocycles. The number of hydrogen-bond acceptors (Lipinski definition) is 7. The van der Waals surface area contributed by atoms with E-state index in [0.29, 0.717) is 13.2 Å². The minimum Gasteiger partial charge on any atom is -0.492 e. The molecule has 2 fully saturated rings. The first kappa shape index (κ1) is 42.6. The fourth-order valence-corrected chi connectivity index (χ4v) is 8.81. The summed E-state index contributed by atoms with van der Waals surface area (Å²) in [7, 11) is 0. The Morgan fingerprint density at radius 2 is 1.25 bits per heavy atom. The summed E-state index contributed by atoms with van der Waals surface area (Å²) >= 11 is 0. The molecule has 59 heavy (non-hydrogen) atoms. The first-order valence-corrected chi connectivity index (χ1v) is 21.9. The zero-order valence-corrected chi connectivity index (χ0v) is 35.8. The highest BCUT2D eigenvalue weighted by Gasteiger charge is 2.34. The van der Waals surface area contributed by atoms with E-state index >= 15 is 0 Å². The van der Waals surface area contributed by atoms with Gasteiger partial charge in [-0.2, -0.15) is 0 Å². The lowest BCUT2D eigenvalue weighted by atomic mass is 9.69. The van der Waals surface area contributed by atoms with Crippen LogP contribution in [0.2, 0.25) is 0 Å². The van der Waals surface area contributed by atoms with Crippen LogP contribution in [-0.2, 0) is 28.7 Å². The van der Waals surface area contributed by atoms with Crippen LogP contribution in [0.3, 0.4) is 0 Å². The Kier molecular flexibility index (Phi) is 15.6. The highest BCUT2D eigenvalue weighted by atomic mass is 16.5. The van der Waals surface area contributed by atoms with Crippen LogP contribution < -0.4 is 9.47 Å². The Hall–Kier alpha value is -4.53. The number of ether oxygens (including phenoxy) is 4. The van der Waals surface area contributed by atoms with Crippen molar-refractivity contribution < 1.29 is 18.9 Å². The summed E-state index contributed by atoms with van der Waals surface area (Å²) in [6.07, 6.45) is 4.31. The molecule has 2 aliphatic heterocycles. The van der Waals surface area contributed by atoms with Crippen LogP contribution >= 0.6 is 0 Å². The fourth-order valence-electron chi connectivity index (χ4n) is 8.81. The number of benzene rings is 4. The number of aromatic nitrogens is 1. The second-order valence-electron chi connectivity index (χ2n) is 16.6. The second kappa shape index (κ2) is 21.6. The van der Waals surface area contributed by atoms with Crippen LogP contribution in [0.15, 0.2) is 115 Å². The third-order valence-electron chi connectivity index (χ3n) is 11.8. The number of morpholine rings is 2. The minimum atomic E-state index is 0.129. The molecule has 2 saturated heterocycles. The molecule has 0 spiro atoms. The predicted molar refractivity (Wildman–Crippen MR) is 239 cm³/mol. The molecule has 0 amide bonds. The lowest BCUT2D eigenvalue weighted by Gasteiger charge is -2.35. The van der Waals surface area contributed by atoms with Gasteiger partial charge in [0.15, 0.2) is 0 Å². The fraction of sp³-hybridized carbons (Fsp3) is 0.423. The lowest BCUT2D eigenvalue weighted by Crippen LogP contribution is -2.38. The van der Waals surface area contributed by atoms with E-state index in [-0.39, 0.29) is 17.8 Å². The normalized spacial score (nSPS) is 15.8. The maximum Gasteiger partial charge on any atom is 0.126 e. The largest absolute Gasteiger partial charge is 0.492 e. The van der Waals surface area contributed by atoms with E-state index in [1.54, 1.807) is 0 Å². The molecule has 2 aliphatic rings. The van der Waals surface area contributed by atoms with Gasteiger partial charge in [-0.25, -0.2) is 0 Å². The van der Waals surface area contributed by atoms with E-state index < -0.39 is 0 Å². The van der Waals surface area contributed by atoms with Gasteiger partial charge in [0, 0.05) is 75.0 Å². The average Bonchev–Trinajstić information content (AvgIpc) is 3.26. The number of nitrogens with zero attached hydrogens (tertiary/aromatic N) is 3. The maximum absolute atomic E-state index is 7.10. The molecule has 4 aromatic carbocycles. The van der Waals surface area contributed by atoms with Crippen LogP contribution in [0.25, 0.3) is 0 Å². The molecule has 0 aliphatic carbocycles. The van der Waals surface area contributed by atoms with Crippen molar-refractivity contribution in [3.8, 4) is 11.5 Å². The molecule has 7 rings (SSSR count). The van der Waals surface area contributed by atoms with E-state index in [4.69, 9.17) is 23.9 Å². The standard InChI is InChI=1S/C52H64N3O4/c1-39(2)50(47(43-15-9-6-10-16-43)38-45-17-11-12-22-53-45)49-37-44(35-41-13-7-5-8-14-41)52(59-34-28-55-25-31-57-32-26-55)51(40(3)4)48(49)36-42-18-20-46(21-19-42)58-33-27-54-23-29-56-30-24-54/h5-22,37,39-40,47H,23-36,38H2,1-4H3. The molecular weight excluding hydrogens is 731 g/mol. The predicted octanol–water partition coefficient (Wildman–Crippen LogP) is 9.41. The van der Waals surface area contributed by atoms with Crippen LogP contribution in [0.4, 0.5) is 0 Å². The van der Waals surface area contributed by atoms with Gasteiger partial charge in [0.1, 0.15) is 24.7 Å². The summed E-state index contributed by atoms with van der Waals surface area (Å²) in [4.78, 5) is 9.74. The van der Waals surface area contributed by atoms with E-state index in [0.717, 1.165) is 102 Å². The number of rotatable bonds is 19. The first-order valence-electron chi connectivity index (χ1n) is 21.9. The van der Waals surface area contributed by atoms with Crippen LogP contribution in [0, 0.1) is 11.8 Å². The van der Waals surface area contributed by atoms with Crippen molar-refractivity contribution in [2.75, 3.05) is 78.9 Å². The zero-order valence-electron chi connectivity index (χ0n) is 35.8. The van der Waals surface area contributed by atoms with Gasteiger partial charge in [-0.05, 0) is 82.3 Å². The third-order valence-corrected chi connectivity index (χ3v) is 11.8. The van der Waals surface area contributed by atoms with Gasteiger partial charge < -0.3 is 18.9 Å². The van der Waals surface area contributed by atoms with Crippen molar-refractivity contribution in [3.63, 3.8) is 0 Å². The minimum absolute atomic E-state index is 0.129. The molecule has 1 atom stereocenters. The molecule has 1 radical (unpaired) electrons. The van der Waals surface area contributed by atoms with E-state index in [1.165, 1.54) is 44.9 Å². The van der Waals surface area contributed by atoms with Gasteiger partial charge in [0.05, 0.1) is 26.4 Å². The maximum atomic E-state index is 7.10. The number of pyridine rings is 1. The monoisotopic (exact) mass is 794 g/mol. The Morgan fingerprint density at radius 1 is 0.661 bits per heavy atom. The van der Waals surface area contributed by atoms with Crippen molar-refractivity contribution >= 4 is 0 Å². The molecule has 7 heteroatoms. The quantitative estimate of drug-likeness (QED) is 0.0826. The molecule has 311 valence electrons. The van der Waals surface area contributed by atoms with Crippen molar-refractivity contribution in [1.29, 1.82) is 0 Å². The van der Waals surface area contributed by atoms with E-state index in [1.807, 2.05) is 12.3 Å². The zero-order chi connectivity index (χ0) is 40.8. The molecule has 3 heterocycles. The lowest BCUT2D eigenvalue weighted by molar-refractivity contribution is 0.0321. The second-order valence-corrected chi connectivity index (χ2v) is 16.6. The Balaban J connectivity index is 1.32. The van der Waals surface area contributed by atoms with Crippen molar-refractivity contribution in [2.45, 2.75) is 58.8 Å². The topological polar surface area (TPSA) is 56.3 Å². The Labute approximate surface area is 353 Å². The summed E-state index contributed by atoms with van der Waals surface area (Å²) < 4.78 is 24.6. The average molecular weight is 795 g/mol. The van der Waals surface area contributed by atoms with Crippen LogP contribution in [0.1, 0.15) is 84.2 Å². The molecular formula is C52H64N3O4. The summed E-state index contributed by atoms with van der Waals surface area (Å²) in [5.74, 6) is 4.01.